The summed E-state index contributed by atoms with van der Waals surface area (Å²) in [6.07, 6.45) is 4.49. The van der Waals surface area contributed by atoms with E-state index in [1.54, 1.807) is 0 Å². The molecule has 0 saturated heterocycles. The van der Waals surface area contributed by atoms with Gasteiger partial charge in [-0.15, -0.1) is 0 Å². The monoisotopic (exact) mass is 307 g/mol. The topological polar surface area (TPSA) is 39.8 Å². The van der Waals surface area contributed by atoms with Crippen molar-refractivity contribution in [2.75, 3.05) is 0 Å². The number of aromatic nitrogens is 3. The molecule has 118 valence electrons. The molecule has 3 aromatic rings. The number of carbonyl (C=O) groups is 1. The molecule has 0 bridgehead atoms. The number of benzene rings is 1. The van der Waals surface area contributed by atoms with E-state index in [2.05, 4.69) is 24.0 Å². The van der Waals surface area contributed by atoms with Crippen molar-refractivity contribution in [1.82, 2.24) is 14.1 Å². The van der Waals surface area contributed by atoms with Crippen molar-refractivity contribution in [3.8, 4) is 0 Å². The molecule has 1 aliphatic heterocycles. The highest BCUT2D eigenvalue weighted by Crippen LogP contribution is 2.33. The molecular weight excluding hydrogens is 286 g/mol. The maximum Gasteiger partial charge on any atom is 0.234 e. The van der Waals surface area contributed by atoms with Gasteiger partial charge < -0.3 is 4.57 Å². The van der Waals surface area contributed by atoms with Crippen LogP contribution in [-0.4, -0.2) is 20.0 Å². The van der Waals surface area contributed by atoms with Crippen LogP contribution in [0.25, 0.3) is 10.9 Å². The Balaban J connectivity index is 1.76. The summed E-state index contributed by atoms with van der Waals surface area (Å²) in [5, 5.41) is 1.20. The smallest absolute Gasteiger partial charge is 0.234 e. The van der Waals surface area contributed by atoms with Gasteiger partial charge in [0, 0.05) is 36.2 Å². The second kappa shape index (κ2) is 5.08. The maximum absolute atomic E-state index is 13.1. The van der Waals surface area contributed by atoms with Gasteiger partial charge in [-0.3, -0.25) is 9.36 Å². The minimum absolute atomic E-state index is 0.0341. The number of rotatable bonds is 2. The zero-order chi connectivity index (χ0) is 16.1. The fourth-order valence-electron chi connectivity index (χ4n) is 3.91. The highest BCUT2D eigenvalue weighted by atomic mass is 16.2. The molecule has 1 unspecified atom stereocenters. The van der Waals surface area contributed by atoms with Crippen LogP contribution in [0.1, 0.15) is 33.9 Å². The first-order chi connectivity index (χ1) is 11.1. The van der Waals surface area contributed by atoms with Gasteiger partial charge in [0.2, 0.25) is 5.91 Å². The SMILES string of the molecule is Cc1ncn(C)c1CC1CCc2c(C)c3ccccc3n2C1=O. The number of aryl methyl sites for hydroxylation is 3. The van der Waals surface area contributed by atoms with Crippen LogP contribution in [0.15, 0.2) is 30.6 Å². The van der Waals surface area contributed by atoms with E-state index >= 15 is 0 Å². The van der Waals surface area contributed by atoms with Gasteiger partial charge >= 0.3 is 0 Å². The van der Waals surface area contributed by atoms with Gasteiger partial charge in [-0.05, 0) is 38.3 Å². The number of hydrogen-bond acceptors (Lipinski definition) is 2. The molecule has 0 amide bonds. The van der Waals surface area contributed by atoms with Crippen LogP contribution in [-0.2, 0) is 19.9 Å². The normalized spacial score (nSPS) is 17.7. The van der Waals surface area contributed by atoms with Crippen molar-refractivity contribution in [2.45, 2.75) is 33.1 Å². The Morgan fingerprint density at radius 1 is 1.26 bits per heavy atom. The molecule has 23 heavy (non-hydrogen) atoms. The summed E-state index contributed by atoms with van der Waals surface area (Å²) in [5.74, 6) is 0.267. The third-order valence-corrected chi connectivity index (χ3v) is 5.26. The van der Waals surface area contributed by atoms with Gasteiger partial charge in [-0.1, -0.05) is 18.2 Å². The van der Waals surface area contributed by atoms with E-state index in [-0.39, 0.29) is 11.8 Å². The molecule has 0 saturated carbocycles. The quantitative estimate of drug-likeness (QED) is 0.727. The highest BCUT2D eigenvalue weighted by Gasteiger charge is 2.31. The van der Waals surface area contributed by atoms with Gasteiger partial charge in [-0.25, -0.2) is 4.98 Å². The summed E-state index contributed by atoms with van der Waals surface area (Å²) in [7, 11) is 2.00. The third kappa shape index (κ3) is 2.05. The molecule has 0 fully saturated rings. The van der Waals surface area contributed by atoms with Crippen molar-refractivity contribution in [2.24, 2.45) is 13.0 Å². The van der Waals surface area contributed by atoms with Gasteiger partial charge in [0.25, 0.3) is 0 Å². The average Bonchev–Trinajstić information content (AvgIpc) is 3.02. The summed E-state index contributed by atoms with van der Waals surface area (Å²) < 4.78 is 4.00. The zero-order valence-corrected chi connectivity index (χ0v) is 13.8. The van der Waals surface area contributed by atoms with Crippen molar-refractivity contribution in [3.63, 3.8) is 0 Å². The van der Waals surface area contributed by atoms with Gasteiger partial charge in [-0.2, -0.15) is 0 Å². The summed E-state index contributed by atoms with van der Waals surface area (Å²) in [4.78, 5) is 17.5. The second-order valence-corrected chi connectivity index (χ2v) is 6.59. The minimum Gasteiger partial charge on any atom is -0.337 e. The Hall–Kier alpha value is -2.36. The van der Waals surface area contributed by atoms with Crippen molar-refractivity contribution < 1.29 is 4.79 Å². The predicted molar refractivity (Wildman–Crippen MR) is 90.8 cm³/mol. The molecule has 4 nitrogen and oxygen atoms in total. The largest absolute Gasteiger partial charge is 0.337 e. The lowest BCUT2D eigenvalue weighted by atomic mass is 9.91. The van der Waals surface area contributed by atoms with Crippen LogP contribution in [0.4, 0.5) is 0 Å². The number of fused-ring (bicyclic) bond motifs is 3. The Bertz CT molecular complexity index is 897. The van der Waals surface area contributed by atoms with Crippen LogP contribution in [0.2, 0.25) is 0 Å². The molecule has 1 aromatic carbocycles. The Morgan fingerprint density at radius 3 is 2.78 bits per heavy atom. The maximum atomic E-state index is 13.1. The first-order valence-corrected chi connectivity index (χ1v) is 8.18. The molecule has 0 aliphatic carbocycles. The van der Waals surface area contributed by atoms with Crippen LogP contribution >= 0.6 is 0 Å². The Morgan fingerprint density at radius 2 is 2.04 bits per heavy atom. The van der Waals surface area contributed by atoms with E-state index in [0.29, 0.717) is 0 Å². The van der Waals surface area contributed by atoms with Crippen molar-refractivity contribution in [1.29, 1.82) is 0 Å². The lowest BCUT2D eigenvalue weighted by Crippen LogP contribution is -2.31. The number of imidazole rings is 1. The summed E-state index contributed by atoms with van der Waals surface area (Å²) in [5.41, 5.74) is 5.69. The minimum atomic E-state index is 0.0341. The lowest BCUT2D eigenvalue weighted by molar-refractivity contribution is 0.0807. The second-order valence-electron chi connectivity index (χ2n) is 6.59. The average molecular weight is 307 g/mol. The summed E-state index contributed by atoms with van der Waals surface area (Å²) >= 11 is 0. The van der Waals surface area contributed by atoms with E-state index in [4.69, 9.17) is 0 Å². The predicted octanol–water partition coefficient (Wildman–Crippen LogP) is 3.44. The fourth-order valence-corrected chi connectivity index (χ4v) is 3.91. The van der Waals surface area contributed by atoms with Crippen LogP contribution in [0.3, 0.4) is 0 Å². The molecule has 0 radical (unpaired) electrons. The van der Waals surface area contributed by atoms with Crippen LogP contribution in [0, 0.1) is 19.8 Å². The highest BCUT2D eigenvalue weighted by molar-refractivity contribution is 5.97. The molecule has 1 aliphatic rings. The molecule has 1 atom stereocenters. The number of hydrogen-bond donors (Lipinski definition) is 0. The first kappa shape index (κ1) is 14.2. The molecule has 0 N–H and O–H groups in total. The molecule has 4 rings (SSSR count). The van der Waals surface area contributed by atoms with E-state index in [9.17, 15) is 4.79 Å². The summed E-state index contributed by atoms with van der Waals surface area (Å²) in [6, 6.07) is 8.23. The van der Waals surface area contributed by atoms with E-state index in [1.807, 2.05) is 41.6 Å². The molecule has 0 spiro atoms. The van der Waals surface area contributed by atoms with E-state index < -0.39 is 0 Å². The number of carbonyl (C=O) groups excluding carboxylic acids is 1. The summed E-state index contributed by atoms with van der Waals surface area (Å²) in [6.45, 7) is 4.15. The van der Waals surface area contributed by atoms with E-state index in [1.165, 1.54) is 22.3 Å². The fraction of sp³-hybridized carbons (Fsp3) is 0.368. The number of para-hydroxylation sites is 1. The molecule has 2 aromatic heterocycles. The Labute approximate surface area is 135 Å². The van der Waals surface area contributed by atoms with Gasteiger partial charge in [0.05, 0.1) is 17.5 Å². The molecule has 3 heterocycles. The van der Waals surface area contributed by atoms with Gasteiger partial charge in [0.15, 0.2) is 0 Å². The standard InChI is InChI=1S/C19H21N3O/c1-12-15-6-4-5-7-17(15)22-16(12)9-8-14(19(22)23)10-18-13(2)20-11-21(18)3/h4-7,11,14H,8-10H2,1-3H3. The van der Waals surface area contributed by atoms with E-state index in [0.717, 1.165) is 30.5 Å². The van der Waals surface area contributed by atoms with Gasteiger partial charge in [0.1, 0.15) is 0 Å². The lowest BCUT2D eigenvalue weighted by Gasteiger charge is -2.24. The first-order valence-electron chi connectivity index (χ1n) is 8.18. The van der Waals surface area contributed by atoms with Crippen molar-refractivity contribution in [3.05, 3.63) is 53.2 Å². The Kier molecular flexibility index (Phi) is 3.15. The zero-order valence-electron chi connectivity index (χ0n) is 13.8. The third-order valence-electron chi connectivity index (χ3n) is 5.26. The molecule has 4 heteroatoms. The number of nitrogens with zero attached hydrogens (tertiary/aromatic N) is 3. The van der Waals surface area contributed by atoms with Crippen LogP contribution < -0.4 is 0 Å². The molecular formula is C19H21N3O. The van der Waals surface area contributed by atoms with Crippen LogP contribution in [0.5, 0.6) is 0 Å². The van der Waals surface area contributed by atoms with Crippen molar-refractivity contribution >= 4 is 16.8 Å².